The standard InChI is InChI=1S/C15H11N3O2/c19-15(12-6-9-18(20)10-7-12)17-13-5-1-3-11-4-2-8-16-14(11)13/h1-10H,(H,17,19). The van der Waals surface area contributed by atoms with E-state index >= 15 is 0 Å². The van der Waals surface area contributed by atoms with E-state index in [-0.39, 0.29) is 5.91 Å². The van der Waals surface area contributed by atoms with Crippen LogP contribution in [0.5, 0.6) is 0 Å². The minimum Gasteiger partial charge on any atom is -0.619 e. The smallest absolute Gasteiger partial charge is 0.256 e. The van der Waals surface area contributed by atoms with Gasteiger partial charge in [0.25, 0.3) is 5.91 Å². The summed E-state index contributed by atoms with van der Waals surface area (Å²) in [5.74, 6) is -0.274. The molecule has 0 saturated carbocycles. The summed E-state index contributed by atoms with van der Waals surface area (Å²) >= 11 is 0. The highest BCUT2D eigenvalue weighted by Gasteiger charge is 2.09. The summed E-state index contributed by atoms with van der Waals surface area (Å²) in [5.41, 5.74) is 1.80. The molecule has 3 aromatic rings. The van der Waals surface area contributed by atoms with E-state index in [1.54, 1.807) is 12.3 Å². The van der Waals surface area contributed by atoms with E-state index in [1.165, 1.54) is 24.5 Å². The van der Waals surface area contributed by atoms with Crippen LogP contribution in [0, 0.1) is 5.21 Å². The van der Waals surface area contributed by atoms with E-state index in [9.17, 15) is 10.0 Å². The molecule has 1 amide bonds. The summed E-state index contributed by atoms with van der Waals surface area (Å²) in [6.45, 7) is 0. The van der Waals surface area contributed by atoms with Gasteiger partial charge in [-0.2, -0.15) is 4.73 Å². The van der Waals surface area contributed by atoms with Gasteiger partial charge in [-0.1, -0.05) is 18.2 Å². The lowest BCUT2D eigenvalue weighted by Crippen LogP contribution is -2.25. The van der Waals surface area contributed by atoms with Crippen LogP contribution >= 0.6 is 0 Å². The molecule has 0 radical (unpaired) electrons. The quantitative estimate of drug-likeness (QED) is 0.570. The van der Waals surface area contributed by atoms with Gasteiger partial charge >= 0.3 is 0 Å². The predicted molar refractivity (Wildman–Crippen MR) is 75.1 cm³/mol. The van der Waals surface area contributed by atoms with Crippen molar-refractivity contribution < 1.29 is 9.52 Å². The van der Waals surface area contributed by atoms with Gasteiger partial charge in [-0.05, 0) is 12.1 Å². The fourth-order valence-corrected chi connectivity index (χ4v) is 1.96. The molecular weight excluding hydrogens is 254 g/mol. The van der Waals surface area contributed by atoms with Crippen LogP contribution in [0.25, 0.3) is 10.9 Å². The first-order valence-corrected chi connectivity index (χ1v) is 6.08. The number of fused-ring (bicyclic) bond motifs is 1. The topological polar surface area (TPSA) is 68.9 Å². The number of para-hydroxylation sites is 1. The molecule has 0 unspecified atom stereocenters. The van der Waals surface area contributed by atoms with E-state index in [2.05, 4.69) is 10.3 Å². The first-order chi connectivity index (χ1) is 9.74. The summed E-state index contributed by atoms with van der Waals surface area (Å²) in [7, 11) is 0. The third kappa shape index (κ3) is 2.29. The summed E-state index contributed by atoms with van der Waals surface area (Å²) in [6, 6.07) is 12.3. The molecule has 98 valence electrons. The van der Waals surface area contributed by atoms with Crippen LogP contribution in [-0.4, -0.2) is 10.9 Å². The van der Waals surface area contributed by atoms with Gasteiger partial charge in [-0.3, -0.25) is 9.78 Å². The Morgan fingerprint density at radius 2 is 1.85 bits per heavy atom. The molecule has 2 heterocycles. The Balaban J connectivity index is 1.93. The van der Waals surface area contributed by atoms with Crippen LogP contribution in [0.4, 0.5) is 5.69 Å². The van der Waals surface area contributed by atoms with Crippen molar-refractivity contribution in [3.63, 3.8) is 0 Å². The fourth-order valence-electron chi connectivity index (χ4n) is 1.96. The van der Waals surface area contributed by atoms with Gasteiger partial charge in [0.1, 0.15) is 0 Å². The van der Waals surface area contributed by atoms with Crippen LogP contribution in [-0.2, 0) is 0 Å². The third-order valence-electron chi connectivity index (χ3n) is 2.95. The van der Waals surface area contributed by atoms with Crippen molar-refractivity contribution in [1.29, 1.82) is 0 Å². The normalized spacial score (nSPS) is 10.4. The number of hydrogen-bond acceptors (Lipinski definition) is 3. The van der Waals surface area contributed by atoms with Crippen molar-refractivity contribution in [3.05, 3.63) is 71.8 Å². The van der Waals surface area contributed by atoms with Crippen LogP contribution < -0.4 is 10.0 Å². The third-order valence-corrected chi connectivity index (χ3v) is 2.95. The zero-order chi connectivity index (χ0) is 13.9. The highest BCUT2D eigenvalue weighted by atomic mass is 16.5. The molecule has 0 spiro atoms. The monoisotopic (exact) mass is 265 g/mol. The Labute approximate surface area is 115 Å². The second-order valence-corrected chi connectivity index (χ2v) is 4.28. The molecule has 2 aromatic heterocycles. The molecule has 0 aliphatic rings. The minimum atomic E-state index is -0.274. The van der Waals surface area contributed by atoms with Crippen molar-refractivity contribution in [1.82, 2.24) is 4.98 Å². The molecule has 1 aromatic carbocycles. The maximum Gasteiger partial charge on any atom is 0.256 e. The number of pyridine rings is 2. The van der Waals surface area contributed by atoms with Crippen molar-refractivity contribution in [3.8, 4) is 0 Å². The highest BCUT2D eigenvalue weighted by Crippen LogP contribution is 2.21. The maximum atomic E-state index is 12.1. The Hall–Kier alpha value is -2.95. The van der Waals surface area contributed by atoms with Gasteiger partial charge in [0, 0.05) is 23.7 Å². The number of nitrogens with zero attached hydrogens (tertiary/aromatic N) is 2. The average Bonchev–Trinajstić information content (AvgIpc) is 2.48. The molecule has 0 atom stereocenters. The van der Waals surface area contributed by atoms with Gasteiger partial charge in [-0.25, -0.2) is 0 Å². The lowest BCUT2D eigenvalue weighted by Gasteiger charge is -2.07. The second-order valence-electron chi connectivity index (χ2n) is 4.28. The SMILES string of the molecule is O=C(Nc1cccc2cccnc12)c1cc[n+]([O-])cc1. The van der Waals surface area contributed by atoms with Crippen LogP contribution in [0.3, 0.4) is 0 Å². The summed E-state index contributed by atoms with van der Waals surface area (Å²) in [5, 5.41) is 14.7. The second kappa shape index (κ2) is 4.97. The first-order valence-electron chi connectivity index (χ1n) is 6.08. The Morgan fingerprint density at radius 1 is 1.10 bits per heavy atom. The molecule has 5 nitrogen and oxygen atoms in total. The number of hydrogen-bond donors (Lipinski definition) is 1. The van der Waals surface area contributed by atoms with E-state index in [0.717, 1.165) is 10.9 Å². The molecule has 0 aliphatic carbocycles. The molecule has 0 aliphatic heterocycles. The van der Waals surface area contributed by atoms with E-state index in [4.69, 9.17) is 0 Å². The molecule has 0 saturated heterocycles. The molecule has 20 heavy (non-hydrogen) atoms. The Kier molecular flexibility index (Phi) is 3.01. The molecule has 0 bridgehead atoms. The fraction of sp³-hybridized carbons (Fsp3) is 0. The zero-order valence-corrected chi connectivity index (χ0v) is 10.5. The minimum absolute atomic E-state index is 0.274. The van der Waals surface area contributed by atoms with Gasteiger partial charge in [-0.15, -0.1) is 0 Å². The van der Waals surface area contributed by atoms with E-state index in [1.807, 2.05) is 24.3 Å². The van der Waals surface area contributed by atoms with E-state index in [0.29, 0.717) is 16.0 Å². The lowest BCUT2D eigenvalue weighted by atomic mass is 10.2. The van der Waals surface area contributed by atoms with Gasteiger partial charge in [0.05, 0.1) is 16.8 Å². The van der Waals surface area contributed by atoms with Crippen molar-refractivity contribution in [2.75, 3.05) is 5.32 Å². The summed E-state index contributed by atoms with van der Waals surface area (Å²) < 4.78 is 0.635. The lowest BCUT2D eigenvalue weighted by molar-refractivity contribution is -0.605. The van der Waals surface area contributed by atoms with Gasteiger partial charge in [0.15, 0.2) is 12.4 Å². The highest BCUT2D eigenvalue weighted by molar-refractivity contribution is 6.08. The van der Waals surface area contributed by atoms with Crippen LogP contribution in [0.2, 0.25) is 0 Å². The number of nitrogens with one attached hydrogen (secondary N) is 1. The Bertz CT molecular complexity index is 764. The number of carbonyl (C=O) groups excluding carboxylic acids is 1. The summed E-state index contributed by atoms with van der Waals surface area (Å²) in [4.78, 5) is 16.4. The molecular formula is C15H11N3O2. The van der Waals surface area contributed by atoms with Gasteiger partial charge in [0.2, 0.25) is 0 Å². The molecule has 1 N–H and O–H groups in total. The van der Waals surface area contributed by atoms with Crippen LogP contribution in [0.15, 0.2) is 61.1 Å². The number of carbonyl (C=O) groups is 1. The van der Waals surface area contributed by atoms with Crippen molar-refractivity contribution >= 4 is 22.5 Å². The number of rotatable bonds is 2. The molecule has 3 rings (SSSR count). The largest absolute Gasteiger partial charge is 0.619 e. The number of anilines is 1. The van der Waals surface area contributed by atoms with Crippen molar-refractivity contribution in [2.45, 2.75) is 0 Å². The number of amides is 1. The number of aromatic nitrogens is 2. The summed E-state index contributed by atoms with van der Waals surface area (Å²) in [6.07, 6.45) is 4.26. The number of benzene rings is 1. The maximum absolute atomic E-state index is 12.1. The molecule has 0 fully saturated rings. The predicted octanol–water partition coefficient (Wildman–Crippen LogP) is 2.12. The first kappa shape index (κ1) is 12.1. The Morgan fingerprint density at radius 3 is 2.65 bits per heavy atom. The average molecular weight is 265 g/mol. The molecule has 5 heteroatoms. The van der Waals surface area contributed by atoms with Crippen LogP contribution in [0.1, 0.15) is 10.4 Å². The van der Waals surface area contributed by atoms with E-state index < -0.39 is 0 Å². The zero-order valence-electron chi connectivity index (χ0n) is 10.5. The van der Waals surface area contributed by atoms with Gasteiger partial charge < -0.3 is 10.5 Å². The van der Waals surface area contributed by atoms with Crippen molar-refractivity contribution in [2.24, 2.45) is 0 Å².